The second-order valence-corrected chi connectivity index (χ2v) is 5.21. The summed E-state index contributed by atoms with van der Waals surface area (Å²) in [5, 5.41) is 3.13. The van der Waals surface area contributed by atoms with Crippen molar-refractivity contribution in [1.82, 2.24) is 5.32 Å². The SMILES string of the molecule is CCCOc1ccccc1OCCC(NC(C)C)C(N)=O. The fourth-order valence-electron chi connectivity index (χ4n) is 1.90. The van der Waals surface area contributed by atoms with E-state index >= 15 is 0 Å². The lowest BCUT2D eigenvalue weighted by Gasteiger charge is -2.19. The van der Waals surface area contributed by atoms with Gasteiger partial charge in [0.2, 0.25) is 5.91 Å². The Hall–Kier alpha value is -1.75. The highest BCUT2D eigenvalue weighted by atomic mass is 16.5. The molecule has 0 aromatic heterocycles. The quantitative estimate of drug-likeness (QED) is 0.693. The van der Waals surface area contributed by atoms with Crippen LogP contribution in [-0.4, -0.2) is 31.2 Å². The summed E-state index contributed by atoms with van der Waals surface area (Å²) in [5.74, 6) is 1.06. The average molecular weight is 294 g/mol. The molecule has 0 heterocycles. The van der Waals surface area contributed by atoms with E-state index in [1.807, 2.05) is 38.1 Å². The number of hydrogen-bond acceptors (Lipinski definition) is 4. The van der Waals surface area contributed by atoms with Crippen molar-refractivity contribution in [3.8, 4) is 11.5 Å². The monoisotopic (exact) mass is 294 g/mol. The van der Waals surface area contributed by atoms with E-state index in [9.17, 15) is 4.79 Å². The second-order valence-electron chi connectivity index (χ2n) is 5.21. The van der Waals surface area contributed by atoms with Gasteiger partial charge in [0.15, 0.2) is 11.5 Å². The third-order valence-corrected chi connectivity index (χ3v) is 2.85. The third-order valence-electron chi connectivity index (χ3n) is 2.85. The van der Waals surface area contributed by atoms with E-state index in [4.69, 9.17) is 15.2 Å². The molecule has 0 aliphatic heterocycles. The zero-order chi connectivity index (χ0) is 15.7. The summed E-state index contributed by atoms with van der Waals surface area (Å²) in [4.78, 5) is 11.4. The maximum atomic E-state index is 11.4. The van der Waals surface area contributed by atoms with E-state index in [2.05, 4.69) is 12.2 Å². The molecule has 1 amide bonds. The standard InChI is InChI=1S/C16H26N2O3/c1-4-10-20-14-7-5-6-8-15(14)21-11-9-13(16(17)19)18-12(2)3/h5-8,12-13,18H,4,9-11H2,1-3H3,(H2,17,19). The van der Waals surface area contributed by atoms with E-state index in [1.165, 1.54) is 0 Å². The Labute approximate surface area is 126 Å². The number of nitrogens with two attached hydrogens (primary N) is 1. The summed E-state index contributed by atoms with van der Waals surface area (Å²) in [7, 11) is 0. The van der Waals surface area contributed by atoms with E-state index in [1.54, 1.807) is 0 Å². The lowest BCUT2D eigenvalue weighted by atomic mass is 10.2. The lowest BCUT2D eigenvalue weighted by Crippen LogP contribution is -2.45. The van der Waals surface area contributed by atoms with Gasteiger partial charge in [-0.2, -0.15) is 0 Å². The Morgan fingerprint density at radius 1 is 1.19 bits per heavy atom. The summed E-state index contributed by atoms with van der Waals surface area (Å²) >= 11 is 0. The number of para-hydroxylation sites is 2. The largest absolute Gasteiger partial charge is 0.490 e. The van der Waals surface area contributed by atoms with Crippen LogP contribution in [0.25, 0.3) is 0 Å². The molecule has 21 heavy (non-hydrogen) atoms. The highest BCUT2D eigenvalue weighted by Crippen LogP contribution is 2.26. The van der Waals surface area contributed by atoms with E-state index in [-0.39, 0.29) is 18.0 Å². The van der Waals surface area contributed by atoms with Crippen molar-refractivity contribution in [2.24, 2.45) is 5.73 Å². The van der Waals surface area contributed by atoms with Crippen LogP contribution in [0.5, 0.6) is 11.5 Å². The number of carbonyl (C=O) groups is 1. The van der Waals surface area contributed by atoms with Gasteiger partial charge in [0, 0.05) is 12.5 Å². The Kier molecular flexibility index (Phi) is 7.61. The lowest BCUT2D eigenvalue weighted by molar-refractivity contribution is -0.120. The van der Waals surface area contributed by atoms with Crippen molar-refractivity contribution in [1.29, 1.82) is 0 Å². The van der Waals surface area contributed by atoms with Crippen LogP contribution < -0.4 is 20.5 Å². The Morgan fingerprint density at radius 2 is 1.76 bits per heavy atom. The fourth-order valence-corrected chi connectivity index (χ4v) is 1.90. The molecule has 0 fully saturated rings. The first-order chi connectivity index (χ1) is 10.0. The minimum absolute atomic E-state index is 0.197. The van der Waals surface area contributed by atoms with Crippen molar-refractivity contribution < 1.29 is 14.3 Å². The number of rotatable bonds is 10. The third kappa shape index (κ3) is 6.49. The zero-order valence-corrected chi connectivity index (χ0v) is 13.1. The molecule has 3 N–H and O–H groups in total. The highest BCUT2D eigenvalue weighted by Gasteiger charge is 2.16. The topological polar surface area (TPSA) is 73.6 Å². The van der Waals surface area contributed by atoms with Gasteiger partial charge in [-0.05, 0) is 18.6 Å². The number of primary amides is 1. The molecule has 5 nitrogen and oxygen atoms in total. The molecule has 0 aliphatic carbocycles. The summed E-state index contributed by atoms with van der Waals surface area (Å²) in [6, 6.07) is 7.36. The van der Waals surface area contributed by atoms with Crippen molar-refractivity contribution in [3.63, 3.8) is 0 Å². The molecule has 1 atom stereocenters. The molecule has 0 spiro atoms. The number of nitrogens with one attached hydrogen (secondary N) is 1. The average Bonchev–Trinajstić information content (AvgIpc) is 2.44. The van der Waals surface area contributed by atoms with Gasteiger partial charge in [-0.15, -0.1) is 0 Å². The van der Waals surface area contributed by atoms with Crippen LogP contribution in [0, 0.1) is 0 Å². The van der Waals surface area contributed by atoms with Gasteiger partial charge in [0.05, 0.1) is 19.3 Å². The molecule has 1 aromatic carbocycles. The normalized spacial score (nSPS) is 12.2. The number of hydrogen-bond donors (Lipinski definition) is 2. The molecule has 0 bridgehead atoms. The van der Waals surface area contributed by atoms with Crippen LogP contribution >= 0.6 is 0 Å². The molecule has 1 aromatic rings. The van der Waals surface area contributed by atoms with Crippen molar-refractivity contribution in [2.75, 3.05) is 13.2 Å². The van der Waals surface area contributed by atoms with Crippen LogP contribution in [0.4, 0.5) is 0 Å². The smallest absolute Gasteiger partial charge is 0.234 e. The molecule has 1 unspecified atom stereocenters. The van der Waals surface area contributed by atoms with Crippen LogP contribution in [0.15, 0.2) is 24.3 Å². The first kappa shape index (κ1) is 17.3. The molecular formula is C16H26N2O3. The first-order valence-corrected chi connectivity index (χ1v) is 7.44. The van der Waals surface area contributed by atoms with Gasteiger partial charge in [0.25, 0.3) is 0 Å². The predicted octanol–water partition coefficient (Wildman–Crippen LogP) is 2.10. The van der Waals surface area contributed by atoms with Crippen LogP contribution in [0.3, 0.4) is 0 Å². The molecule has 0 radical (unpaired) electrons. The number of amides is 1. The minimum atomic E-state index is -0.381. The molecular weight excluding hydrogens is 268 g/mol. The van der Waals surface area contributed by atoms with Gasteiger partial charge < -0.3 is 20.5 Å². The van der Waals surface area contributed by atoms with E-state index in [0.29, 0.717) is 25.4 Å². The summed E-state index contributed by atoms with van der Waals surface area (Å²) in [5.41, 5.74) is 5.38. The Morgan fingerprint density at radius 3 is 2.24 bits per heavy atom. The predicted molar refractivity (Wildman–Crippen MR) is 83.6 cm³/mol. The van der Waals surface area contributed by atoms with Gasteiger partial charge in [-0.25, -0.2) is 0 Å². The van der Waals surface area contributed by atoms with Gasteiger partial charge in [0.1, 0.15) is 0 Å². The minimum Gasteiger partial charge on any atom is -0.490 e. The van der Waals surface area contributed by atoms with Crippen LogP contribution in [0.2, 0.25) is 0 Å². The highest BCUT2D eigenvalue weighted by molar-refractivity contribution is 5.79. The Bertz CT molecular complexity index is 435. The number of ether oxygens (including phenoxy) is 2. The number of benzene rings is 1. The zero-order valence-electron chi connectivity index (χ0n) is 13.1. The first-order valence-electron chi connectivity index (χ1n) is 7.44. The van der Waals surface area contributed by atoms with Crippen molar-refractivity contribution in [2.45, 2.75) is 45.7 Å². The summed E-state index contributed by atoms with van der Waals surface area (Å²) < 4.78 is 11.3. The van der Waals surface area contributed by atoms with Crippen LogP contribution in [-0.2, 0) is 4.79 Å². The molecule has 0 saturated carbocycles. The number of carbonyl (C=O) groups excluding carboxylic acids is 1. The summed E-state index contributed by atoms with van der Waals surface area (Å²) in [6.07, 6.45) is 1.46. The fraction of sp³-hybridized carbons (Fsp3) is 0.562. The van der Waals surface area contributed by atoms with E-state index in [0.717, 1.165) is 12.2 Å². The molecule has 0 saturated heterocycles. The van der Waals surface area contributed by atoms with Crippen molar-refractivity contribution >= 4 is 5.91 Å². The van der Waals surface area contributed by atoms with Crippen LogP contribution in [0.1, 0.15) is 33.6 Å². The maximum absolute atomic E-state index is 11.4. The summed E-state index contributed by atoms with van der Waals surface area (Å²) in [6.45, 7) is 7.06. The van der Waals surface area contributed by atoms with Gasteiger partial charge in [-0.3, -0.25) is 4.79 Å². The second kappa shape index (κ2) is 9.23. The maximum Gasteiger partial charge on any atom is 0.234 e. The van der Waals surface area contributed by atoms with Gasteiger partial charge in [-0.1, -0.05) is 32.9 Å². The van der Waals surface area contributed by atoms with E-state index < -0.39 is 0 Å². The molecule has 0 aliphatic rings. The Balaban J connectivity index is 2.52. The molecule has 1 rings (SSSR count). The molecule has 5 heteroatoms. The van der Waals surface area contributed by atoms with Crippen molar-refractivity contribution in [3.05, 3.63) is 24.3 Å². The molecule has 118 valence electrons. The van der Waals surface area contributed by atoms with Gasteiger partial charge >= 0.3 is 0 Å².